The van der Waals surface area contributed by atoms with Crippen LogP contribution in [-0.4, -0.2) is 17.4 Å². The Kier molecular flexibility index (Phi) is 2.62. The van der Waals surface area contributed by atoms with E-state index < -0.39 is 0 Å². The number of fused-ring (bicyclic) bond motifs is 1. The lowest BCUT2D eigenvalue weighted by Gasteiger charge is -2.31. The Morgan fingerprint density at radius 1 is 1.60 bits per heavy atom. The average molecular weight is 205 g/mol. The van der Waals surface area contributed by atoms with Gasteiger partial charge in [-0.3, -0.25) is 0 Å². The van der Waals surface area contributed by atoms with Crippen molar-refractivity contribution in [3.8, 4) is 5.75 Å². The van der Waals surface area contributed by atoms with E-state index in [2.05, 4.69) is 12.2 Å². The maximum Gasteiger partial charge on any atom is 0.120 e. The molecular formula is C12H15NO2. The van der Waals surface area contributed by atoms with Crippen LogP contribution in [0, 0.1) is 5.92 Å². The Morgan fingerprint density at radius 2 is 2.40 bits per heavy atom. The molecule has 0 radical (unpaired) electrons. The van der Waals surface area contributed by atoms with Gasteiger partial charge in [0.15, 0.2) is 0 Å². The molecule has 0 aliphatic carbocycles. The minimum absolute atomic E-state index is 0.281. The topological polar surface area (TPSA) is 49.3 Å². The van der Waals surface area contributed by atoms with E-state index in [0.29, 0.717) is 12.2 Å². The van der Waals surface area contributed by atoms with Crippen molar-refractivity contribution >= 4 is 12.0 Å². The Bertz CT molecular complexity index is 376. The van der Waals surface area contributed by atoms with Gasteiger partial charge in [0.2, 0.25) is 0 Å². The summed E-state index contributed by atoms with van der Waals surface area (Å²) < 4.78 is 0. The summed E-state index contributed by atoms with van der Waals surface area (Å²) in [5.74, 6) is 0.603. The molecule has 1 heterocycles. The molecule has 0 aromatic heterocycles. The fourth-order valence-electron chi connectivity index (χ4n) is 2.14. The van der Waals surface area contributed by atoms with Crippen molar-refractivity contribution in [3.63, 3.8) is 0 Å². The maximum atomic E-state index is 10.5. The molecule has 1 aliphatic heterocycles. The first-order valence-corrected chi connectivity index (χ1v) is 5.23. The third-order valence-electron chi connectivity index (χ3n) is 3.11. The molecule has 2 rings (SSSR count). The number of phenolic OH excluding ortho intramolecular Hbond substituents is 1. The van der Waals surface area contributed by atoms with Gasteiger partial charge in [-0.15, -0.1) is 0 Å². The minimum atomic E-state index is 0.281. The Morgan fingerprint density at radius 3 is 3.13 bits per heavy atom. The molecule has 0 bridgehead atoms. The second-order valence-electron chi connectivity index (χ2n) is 4.10. The molecule has 1 aromatic carbocycles. The molecule has 3 heteroatoms. The fraction of sp³-hybridized carbons (Fsp3) is 0.417. The molecule has 2 unspecified atom stereocenters. The quantitative estimate of drug-likeness (QED) is 0.725. The monoisotopic (exact) mass is 205 g/mol. The van der Waals surface area contributed by atoms with E-state index in [0.717, 1.165) is 24.0 Å². The van der Waals surface area contributed by atoms with Gasteiger partial charge in [-0.2, -0.15) is 0 Å². The SMILES string of the molecule is CC1Nc2cccc(O)c2CC1CC=O. The van der Waals surface area contributed by atoms with Crippen molar-refractivity contribution in [1.29, 1.82) is 0 Å². The van der Waals surface area contributed by atoms with E-state index in [9.17, 15) is 9.90 Å². The summed E-state index contributed by atoms with van der Waals surface area (Å²) in [5, 5.41) is 13.0. The number of aldehydes is 1. The summed E-state index contributed by atoms with van der Waals surface area (Å²) in [6.07, 6.45) is 2.27. The Hall–Kier alpha value is -1.51. The molecule has 1 aliphatic rings. The summed E-state index contributed by atoms with van der Waals surface area (Å²) in [6, 6.07) is 5.76. The van der Waals surface area contributed by atoms with E-state index in [1.165, 1.54) is 0 Å². The van der Waals surface area contributed by atoms with Crippen molar-refractivity contribution in [2.45, 2.75) is 25.8 Å². The first-order chi connectivity index (χ1) is 7.22. The number of nitrogens with one attached hydrogen (secondary N) is 1. The number of anilines is 1. The number of aromatic hydroxyl groups is 1. The zero-order chi connectivity index (χ0) is 10.8. The lowest BCUT2D eigenvalue weighted by Crippen LogP contribution is -2.32. The minimum Gasteiger partial charge on any atom is -0.508 e. The predicted octanol–water partition coefficient (Wildman–Crippen LogP) is 1.95. The summed E-state index contributed by atoms with van der Waals surface area (Å²) >= 11 is 0. The summed E-state index contributed by atoms with van der Waals surface area (Å²) in [7, 11) is 0. The van der Waals surface area contributed by atoms with Gasteiger partial charge in [0, 0.05) is 23.7 Å². The number of phenols is 1. The molecule has 0 amide bonds. The van der Waals surface area contributed by atoms with E-state index >= 15 is 0 Å². The summed E-state index contributed by atoms with van der Waals surface area (Å²) in [5.41, 5.74) is 1.92. The van der Waals surface area contributed by atoms with E-state index in [-0.39, 0.29) is 12.0 Å². The molecule has 0 saturated heterocycles. The van der Waals surface area contributed by atoms with Crippen LogP contribution in [0.4, 0.5) is 5.69 Å². The van der Waals surface area contributed by atoms with Gasteiger partial charge in [0.25, 0.3) is 0 Å². The van der Waals surface area contributed by atoms with E-state index in [1.54, 1.807) is 6.07 Å². The zero-order valence-corrected chi connectivity index (χ0v) is 8.73. The van der Waals surface area contributed by atoms with Gasteiger partial charge in [-0.1, -0.05) is 6.07 Å². The number of carbonyl (C=O) groups is 1. The predicted molar refractivity (Wildman–Crippen MR) is 59.1 cm³/mol. The maximum absolute atomic E-state index is 10.5. The molecular weight excluding hydrogens is 190 g/mol. The largest absolute Gasteiger partial charge is 0.508 e. The number of rotatable bonds is 2. The van der Waals surface area contributed by atoms with E-state index in [4.69, 9.17) is 0 Å². The highest BCUT2D eigenvalue weighted by atomic mass is 16.3. The number of hydrogen-bond acceptors (Lipinski definition) is 3. The van der Waals surface area contributed by atoms with Crippen LogP contribution < -0.4 is 5.32 Å². The van der Waals surface area contributed by atoms with Crippen LogP contribution in [0.1, 0.15) is 18.9 Å². The van der Waals surface area contributed by atoms with Crippen LogP contribution >= 0.6 is 0 Å². The molecule has 2 N–H and O–H groups in total. The molecule has 3 nitrogen and oxygen atoms in total. The Balaban J connectivity index is 2.30. The van der Waals surface area contributed by atoms with Crippen molar-refractivity contribution in [3.05, 3.63) is 23.8 Å². The molecule has 0 saturated carbocycles. The van der Waals surface area contributed by atoms with Crippen LogP contribution in [0.3, 0.4) is 0 Å². The highest BCUT2D eigenvalue weighted by Crippen LogP contribution is 2.34. The van der Waals surface area contributed by atoms with Gasteiger partial charge in [0.1, 0.15) is 12.0 Å². The summed E-state index contributed by atoms with van der Waals surface area (Å²) in [4.78, 5) is 10.5. The smallest absolute Gasteiger partial charge is 0.120 e. The van der Waals surface area contributed by atoms with Crippen molar-refractivity contribution in [1.82, 2.24) is 0 Å². The van der Waals surface area contributed by atoms with Gasteiger partial charge in [-0.25, -0.2) is 0 Å². The number of carbonyl (C=O) groups excluding carboxylic acids is 1. The third-order valence-corrected chi connectivity index (χ3v) is 3.11. The van der Waals surface area contributed by atoms with Crippen LogP contribution in [0.15, 0.2) is 18.2 Å². The molecule has 1 aromatic rings. The van der Waals surface area contributed by atoms with Crippen LogP contribution in [0.5, 0.6) is 5.75 Å². The first kappa shape index (κ1) is 10.0. The van der Waals surface area contributed by atoms with Gasteiger partial charge in [-0.05, 0) is 31.4 Å². The second-order valence-corrected chi connectivity index (χ2v) is 4.10. The molecule has 2 atom stereocenters. The highest BCUT2D eigenvalue weighted by Gasteiger charge is 2.25. The van der Waals surface area contributed by atoms with Crippen LogP contribution in [0.25, 0.3) is 0 Å². The van der Waals surface area contributed by atoms with Gasteiger partial charge >= 0.3 is 0 Å². The standard InChI is InChI=1S/C12H15NO2/c1-8-9(5-6-14)7-10-11(13-8)3-2-4-12(10)15/h2-4,6,8-9,13,15H,5,7H2,1H3. The average Bonchev–Trinajstić information content (AvgIpc) is 2.21. The van der Waals surface area contributed by atoms with Crippen molar-refractivity contribution < 1.29 is 9.90 Å². The van der Waals surface area contributed by atoms with Crippen molar-refractivity contribution in [2.75, 3.05) is 5.32 Å². The van der Waals surface area contributed by atoms with Gasteiger partial charge < -0.3 is 15.2 Å². The number of hydrogen-bond donors (Lipinski definition) is 2. The molecule has 0 fully saturated rings. The second kappa shape index (κ2) is 3.93. The third kappa shape index (κ3) is 1.82. The molecule has 80 valence electrons. The summed E-state index contributed by atoms with van der Waals surface area (Å²) in [6.45, 7) is 2.07. The Labute approximate surface area is 89.1 Å². The molecule has 15 heavy (non-hydrogen) atoms. The first-order valence-electron chi connectivity index (χ1n) is 5.23. The van der Waals surface area contributed by atoms with Crippen molar-refractivity contribution in [2.24, 2.45) is 5.92 Å². The number of benzene rings is 1. The van der Waals surface area contributed by atoms with Crippen LogP contribution in [-0.2, 0) is 11.2 Å². The van der Waals surface area contributed by atoms with Crippen LogP contribution in [0.2, 0.25) is 0 Å². The highest BCUT2D eigenvalue weighted by molar-refractivity contribution is 5.60. The van der Waals surface area contributed by atoms with E-state index in [1.807, 2.05) is 12.1 Å². The zero-order valence-electron chi connectivity index (χ0n) is 8.73. The van der Waals surface area contributed by atoms with Gasteiger partial charge in [0.05, 0.1) is 0 Å². The lowest BCUT2D eigenvalue weighted by atomic mass is 9.86. The molecule has 0 spiro atoms. The lowest BCUT2D eigenvalue weighted by molar-refractivity contribution is -0.108. The normalized spacial score (nSPS) is 24.1. The fourth-order valence-corrected chi connectivity index (χ4v) is 2.14.